The standard InChI is InChI=1S/C20H45N3O3P2/c1-16(2)21(27(10,11)24)15-22(28(12,13)25)17-14-18(3,4)23(26-9)20(7,8)19(17,5)6/h16-17H,14-15H2,1-13H3. The van der Waals surface area contributed by atoms with E-state index in [1.807, 2.05) is 18.0 Å². The first-order valence-corrected chi connectivity index (χ1v) is 15.3. The zero-order valence-electron chi connectivity index (χ0n) is 20.5. The van der Waals surface area contributed by atoms with E-state index in [9.17, 15) is 9.13 Å². The first-order chi connectivity index (χ1) is 12.2. The fourth-order valence-corrected chi connectivity index (χ4v) is 7.93. The molecule has 0 aromatic carbocycles. The molecule has 1 unspecified atom stereocenters. The normalized spacial score (nSPS) is 25.6. The second kappa shape index (κ2) is 8.09. The molecule has 0 radical (unpaired) electrons. The molecule has 0 saturated carbocycles. The number of nitrogens with zero attached hydrogens (tertiary/aromatic N) is 3. The fraction of sp³-hybridized carbons (Fsp3) is 1.00. The Morgan fingerprint density at radius 2 is 1.46 bits per heavy atom. The number of hydrogen-bond acceptors (Lipinski definition) is 4. The van der Waals surface area contributed by atoms with Crippen molar-refractivity contribution in [3.8, 4) is 0 Å². The van der Waals surface area contributed by atoms with Crippen LogP contribution in [0.5, 0.6) is 0 Å². The van der Waals surface area contributed by atoms with Crippen molar-refractivity contribution in [2.45, 2.75) is 85.0 Å². The van der Waals surface area contributed by atoms with E-state index < -0.39 is 14.6 Å². The van der Waals surface area contributed by atoms with E-state index in [1.165, 1.54) is 0 Å². The maximum absolute atomic E-state index is 13.5. The number of hydroxylamine groups is 2. The van der Waals surface area contributed by atoms with Crippen molar-refractivity contribution < 1.29 is 14.0 Å². The van der Waals surface area contributed by atoms with Gasteiger partial charge in [-0.05, 0) is 48.0 Å². The Bertz CT molecular complexity index is 649. The van der Waals surface area contributed by atoms with E-state index in [1.54, 1.807) is 20.4 Å². The molecule has 0 spiro atoms. The average Bonchev–Trinajstić information content (AvgIpc) is 2.41. The van der Waals surface area contributed by atoms with Crippen LogP contribution in [-0.2, 0) is 14.0 Å². The molecule has 0 N–H and O–H groups in total. The van der Waals surface area contributed by atoms with Crippen LogP contribution in [0.1, 0.15) is 61.8 Å². The predicted molar refractivity (Wildman–Crippen MR) is 122 cm³/mol. The lowest BCUT2D eigenvalue weighted by Gasteiger charge is -2.64. The molecule has 0 bridgehead atoms. The first kappa shape index (κ1) is 26.3. The van der Waals surface area contributed by atoms with Gasteiger partial charge in [-0.2, -0.15) is 5.06 Å². The van der Waals surface area contributed by atoms with Crippen molar-refractivity contribution in [1.82, 2.24) is 14.4 Å². The Balaban J connectivity index is 3.54. The molecular weight excluding hydrogens is 392 g/mol. The van der Waals surface area contributed by atoms with Crippen molar-refractivity contribution in [3.05, 3.63) is 0 Å². The minimum absolute atomic E-state index is 0.0533. The van der Waals surface area contributed by atoms with E-state index in [0.717, 1.165) is 6.42 Å². The second-order valence-corrected chi connectivity index (χ2v) is 17.2. The third kappa shape index (κ3) is 4.95. The summed E-state index contributed by atoms with van der Waals surface area (Å²) in [5.41, 5.74) is -0.725. The molecule has 1 saturated heterocycles. The molecule has 28 heavy (non-hydrogen) atoms. The molecule has 0 amide bonds. The van der Waals surface area contributed by atoms with Crippen LogP contribution in [0.4, 0.5) is 0 Å². The maximum atomic E-state index is 13.5. The van der Waals surface area contributed by atoms with Gasteiger partial charge in [-0.25, -0.2) is 9.34 Å². The lowest BCUT2D eigenvalue weighted by atomic mass is 9.61. The molecule has 0 aromatic rings. The van der Waals surface area contributed by atoms with Gasteiger partial charge in [-0.3, -0.25) is 0 Å². The largest absolute Gasteiger partial charge is 0.307 e. The van der Waals surface area contributed by atoms with Gasteiger partial charge in [0.15, 0.2) is 0 Å². The Morgan fingerprint density at radius 1 is 1.00 bits per heavy atom. The maximum Gasteiger partial charge on any atom is 0.145 e. The summed E-state index contributed by atoms with van der Waals surface area (Å²) in [5.74, 6) is 0. The van der Waals surface area contributed by atoms with Gasteiger partial charge in [0.25, 0.3) is 0 Å². The lowest BCUT2D eigenvalue weighted by Crippen LogP contribution is -2.72. The molecule has 168 valence electrons. The molecule has 1 atom stereocenters. The summed E-state index contributed by atoms with van der Waals surface area (Å²) in [7, 11) is -3.38. The molecule has 1 fully saturated rings. The SMILES string of the molecule is CON1C(C)(C)CC(N(CN(C(C)C)P(C)(C)=O)P(C)(C)=O)C(C)(C)C1(C)C. The highest BCUT2D eigenvalue weighted by atomic mass is 31.2. The summed E-state index contributed by atoms with van der Waals surface area (Å²) in [6.07, 6.45) is 0.812. The number of hydrogen-bond donors (Lipinski definition) is 0. The van der Waals surface area contributed by atoms with Gasteiger partial charge in [0.2, 0.25) is 0 Å². The Labute approximate surface area is 174 Å². The molecule has 8 heteroatoms. The van der Waals surface area contributed by atoms with Crippen LogP contribution in [0.2, 0.25) is 0 Å². The summed E-state index contributed by atoms with van der Waals surface area (Å²) >= 11 is 0. The van der Waals surface area contributed by atoms with Gasteiger partial charge in [0.05, 0.1) is 13.8 Å². The van der Waals surface area contributed by atoms with Crippen LogP contribution in [0, 0.1) is 5.41 Å². The van der Waals surface area contributed by atoms with Crippen molar-refractivity contribution in [2.24, 2.45) is 5.41 Å². The zero-order valence-corrected chi connectivity index (χ0v) is 22.3. The molecule has 1 aliphatic rings. The monoisotopic (exact) mass is 437 g/mol. The Morgan fingerprint density at radius 3 is 1.79 bits per heavy atom. The number of piperidine rings is 1. The van der Waals surface area contributed by atoms with Crippen LogP contribution in [0.25, 0.3) is 0 Å². The Hall–Kier alpha value is 0.300. The summed E-state index contributed by atoms with van der Waals surface area (Å²) in [6, 6.07) is 0.163. The summed E-state index contributed by atoms with van der Waals surface area (Å²) in [4.78, 5) is 5.84. The summed E-state index contributed by atoms with van der Waals surface area (Å²) < 4.78 is 30.7. The summed E-state index contributed by atoms with van der Waals surface area (Å²) in [5, 5.41) is 2.09. The van der Waals surface area contributed by atoms with Crippen LogP contribution >= 0.6 is 14.6 Å². The molecule has 0 aromatic heterocycles. The van der Waals surface area contributed by atoms with Gasteiger partial charge < -0.3 is 14.0 Å². The highest BCUT2D eigenvalue weighted by Gasteiger charge is 2.59. The Kier molecular flexibility index (Phi) is 7.61. The quantitative estimate of drug-likeness (QED) is 0.400. The third-order valence-corrected chi connectivity index (χ3v) is 10.3. The minimum atomic E-state index is -2.62. The van der Waals surface area contributed by atoms with Crippen molar-refractivity contribution >= 4 is 14.6 Å². The number of rotatable bonds is 7. The van der Waals surface area contributed by atoms with Crippen LogP contribution < -0.4 is 0 Å². The zero-order chi connectivity index (χ0) is 22.5. The third-order valence-electron chi connectivity index (χ3n) is 6.83. The van der Waals surface area contributed by atoms with Crippen molar-refractivity contribution in [1.29, 1.82) is 0 Å². The topological polar surface area (TPSA) is 53.1 Å². The van der Waals surface area contributed by atoms with E-state index in [0.29, 0.717) is 6.67 Å². The van der Waals surface area contributed by atoms with Crippen molar-refractivity contribution in [3.63, 3.8) is 0 Å². The van der Waals surface area contributed by atoms with Gasteiger partial charge >= 0.3 is 0 Å². The highest BCUT2D eigenvalue weighted by Crippen LogP contribution is 2.57. The van der Waals surface area contributed by atoms with Crippen LogP contribution in [-0.4, -0.2) is 78.0 Å². The molecule has 0 aliphatic carbocycles. The van der Waals surface area contributed by atoms with Gasteiger partial charge in [0.1, 0.15) is 14.6 Å². The lowest BCUT2D eigenvalue weighted by molar-refractivity contribution is -0.304. The van der Waals surface area contributed by atoms with E-state index >= 15 is 0 Å². The van der Waals surface area contributed by atoms with E-state index in [-0.39, 0.29) is 28.6 Å². The molecule has 1 aliphatic heterocycles. The molecular formula is C20H45N3O3P2. The average molecular weight is 438 g/mol. The smallest absolute Gasteiger partial charge is 0.145 e. The fourth-order valence-electron chi connectivity index (χ4n) is 4.80. The predicted octanol–water partition coefficient (Wildman–Crippen LogP) is 5.25. The minimum Gasteiger partial charge on any atom is -0.307 e. The van der Waals surface area contributed by atoms with Gasteiger partial charge in [-0.1, -0.05) is 13.8 Å². The first-order valence-electron chi connectivity index (χ1n) is 10.2. The summed E-state index contributed by atoms with van der Waals surface area (Å²) in [6.45, 7) is 25.0. The molecule has 6 nitrogen and oxygen atoms in total. The van der Waals surface area contributed by atoms with Gasteiger partial charge in [-0.15, -0.1) is 0 Å². The molecule has 1 rings (SSSR count). The molecule has 1 heterocycles. The van der Waals surface area contributed by atoms with Crippen LogP contribution in [0.15, 0.2) is 0 Å². The van der Waals surface area contributed by atoms with Gasteiger partial charge in [0, 0.05) is 55.2 Å². The highest BCUT2D eigenvalue weighted by molar-refractivity contribution is 7.60. The van der Waals surface area contributed by atoms with Crippen molar-refractivity contribution in [2.75, 3.05) is 40.4 Å². The van der Waals surface area contributed by atoms with Crippen LogP contribution in [0.3, 0.4) is 0 Å². The van der Waals surface area contributed by atoms with E-state index in [2.05, 4.69) is 65.1 Å². The second-order valence-electron chi connectivity index (χ2n) is 11.0. The van der Waals surface area contributed by atoms with E-state index in [4.69, 9.17) is 4.84 Å².